The van der Waals surface area contributed by atoms with Gasteiger partial charge in [0.05, 0.1) is 13.0 Å². The quantitative estimate of drug-likeness (QED) is 0.627. The molecule has 0 spiro atoms. The fourth-order valence-corrected chi connectivity index (χ4v) is 2.11. The van der Waals surface area contributed by atoms with E-state index in [0.29, 0.717) is 17.8 Å². The standard InChI is InChI=1S/C17H21NO4/c1-11(2)10-21-16(19)7-12-8-17(20)22-15-9-13(18(3)4)5-6-14(12)15/h5-6,8-9,11H,7,10H2,1-4H3. The molecule has 2 aromatic rings. The maximum absolute atomic E-state index is 11.9. The highest BCUT2D eigenvalue weighted by atomic mass is 16.5. The van der Waals surface area contributed by atoms with E-state index in [1.54, 1.807) is 6.07 Å². The minimum absolute atomic E-state index is 0.0656. The van der Waals surface area contributed by atoms with Crippen LogP contribution in [0.4, 0.5) is 5.69 Å². The summed E-state index contributed by atoms with van der Waals surface area (Å²) in [4.78, 5) is 25.5. The van der Waals surface area contributed by atoms with E-state index in [-0.39, 0.29) is 18.3 Å². The molecule has 5 nitrogen and oxygen atoms in total. The van der Waals surface area contributed by atoms with Crippen molar-refractivity contribution in [2.24, 2.45) is 5.92 Å². The van der Waals surface area contributed by atoms with Crippen LogP contribution in [0.2, 0.25) is 0 Å². The van der Waals surface area contributed by atoms with Gasteiger partial charge in [0.25, 0.3) is 0 Å². The summed E-state index contributed by atoms with van der Waals surface area (Å²) in [5.41, 5.74) is 1.57. The molecule has 0 N–H and O–H groups in total. The molecule has 1 aromatic heterocycles. The molecule has 2 rings (SSSR count). The first-order chi connectivity index (χ1) is 10.4. The highest BCUT2D eigenvalue weighted by Crippen LogP contribution is 2.23. The van der Waals surface area contributed by atoms with Gasteiger partial charge in [-0.15, -0.1) is 0 Å². The number of carbonyl (C=O) groups is 1. The summed E-state index contributed by atoms with van der Waals surface area (Å²) in [5.74, 6) is -0.0542. The van der Waals surface area contributed by atoms with E-state index in [4.69, 9.17) is 9.15 Å². The van der Waals surface area contributed by atoms with Crippen LogP contribution in [0.5, 0.6) is 0 Å². The van der Waals surface area contributed by atoms with Crippen molar-refractivity contribution in [3.05, 3.63) is 40.2 Å². The molecule has 0 bridgehead atoms. The molecule has 0 amide bonds. The van der Waals surface area contributed by atoms with Crippen molar-refractivity contribution in [3.8, 4) is 0 Å². The summed E-state index contributed by atoms with van der Waals surface area (Å²) < 4.78 is 10.4. The van der Waals surface area contributed by atoms with Crippen LogP contribution in [-0.2, 0) is 16.0 Å². The van der Waals surface area contributed by atoms with E-state index in [1.165, 1.54) is 6.07 Å². The van der Waals surface area contributed by atoms with Crippen molar-refractivity contribution in [2.45, 2.75) is 20.3 Å². The van der Waals surface area contributed by atoms with Crippen molar-refractivity contribution < 1.29 is 13.9 Å². The van der Waals surface area contributed by atoms with Crippen molar-refractivity contribution >= 4 is 22.6 Å². The Morgan fingerprint density at radius 1 is 1.27 bits per heavy atom. The van der Waals surface area contributed by atoms with Crippen LogP contribution in [0.3, 0.4) is 0 Å². The molecule has 0 aliphatic heterocycles. The van der Waals surface area contributed by atoms with Crippen molar-refractivity contribution in [1.82, 2.24) is 0 Å². The molecular weight excluding hydrogens is 282 g/mol. The van der Waals surface area contributed by atoms with E-state index in [1.807, 2.05) is 45.0 Å². The van der Waals surface area contributed by atoms with E-state index in [9.17, 15) is 9.59 Å². The fourth-order valence-electron chi connectivity index (χ4n) is 2.11. The average Bonchev–Trinajstić information content (AvgIpc) is 2.44. The summed E-state index contributed by atoms with van der Waals surface area (Å²) in [6.07, 6.45) is 0.0656. The third-order valence-electron chi connectivity index (χ3n) is 3.24. The zero-order valence-electron chi connectivity index (χ0n) is 13.4. The molecule has 22 heavy (non-hydrogen) atoms. The van der Waals surface area contributed by atoms with Crippen molar-refractivity contribution in [1.29, 1.82) is 0 Å². The summed E-state index contributed by atoms with van der Waals surface area (Å²) in [6.45, 7) is 4.33. The number of hydrogen-bond donors (Lipinski definition) is 0. The molecule has 1 aromatic carbocycles. The predicted octanol–water partition coefficient (Wildman–Crippen LogP) is 2.60. The van der Waals surface area contributed by atoms with Crippen LogP contribution in [0.15, 0.2) is 33.5 Å². The highest BCUT2D eigenvalue weighted by Gasteiger charge is 2.12. The second-order valence-electron chi connectivity index (χ2n) is 5.92. The highest BCUT2D eigenvalue weighted by molar-refractivity contribution is 5.87. The number of carbonyl (C=O) groups excluding carboxylic acids is 1. The lowest BCUT2D eigenvalue weighted by molar-refractivity contribution is -0.143. The molecule has 0 unspecified atom stereocenters. The number of esters is 1. The van der Waals surface area contributed by atoms with E-state index in [0.717, 1.165) is 11.1 Å². The minimum atomic E-state index is -0.463. The fraction of sp³-hybridized carbons (Fsp3) is 0.412. The molecule has 118 valence electrons. The smallest absolute Gasteiger partial charge is 0.336 e. The second-order valence-corrected chi connectivity index (χ2v) is 5.92. The molecule has 0 aliphatic rings. The first-order valence-electron chi connectivity index (χ1n) is 7.26. The van der Waals surface area contributed by atoms with E-state index >= 15 is 0 Å². The Kier molecular flexibility index (Phi) is 4.85. The SMILES string of the molecule is CC(C)COC(=O)Cc1cc(=O)oc2cc(N(C)C)ccc12. The monoisotopic (exact) mass is 303 g/mol. The molecule has 0 saturated carbocycles. The van der Waals surface area contributed by atoms with Gasteiger partial charge in [0, 0.05) is 37.3 Å². The Bertz CT molecular complexity index is 731. The van der Waals surface area contributed by atoms with Crippen molar-refractivity contribution in [2.75, 3.05) is 25.6 Å². The zero-order chi connectivity index (χ0) is 16.3. The molecule has 1 heterocycles. The minimum Gasteiger partial charge on any atom is -0.465 e. The Morgan fingerprint density at radius 3 is 2.64 bits per heavy atom. The van der Waals surface area contributed by atoms with Crippen LogP contribution < -0.4 is 10.5 Å². The zero-order valence-corrected chi connectivity index (χ0v) is 13.4. The van der Waals surface area contributed by atoms with Gasteiger partial charge in [0.1, 0.15) is 5.58 Å². The molecule has 5 heteroatoms. The van der Waals surface area contributed by atoms with Gasteiger partial charge in [-0.1, -0.05) is 13.8 Å². The van der Waals surface area contributed by atoms with Gasteiger partial charge in [-0.2, -0.15) is 0 Å². The predicted molar refractivity (Wildman–Crippen MR) is 86.3 cm³/mol. The van der Waals surface area contributed by atoms with Gasteiger partial charge >= 0.3 is 11.6 Å². The molecule has 0 aliphatic carbocycles. The number of anilines is 1. The van der Waals surface area contributed by atoms with E-state index < -0.39 is 5.63 Å². The number of benzene rings is 1. The van der Waals surface area contributed by atoms with Gasteiger partial charge in [-0.25, -0.2) is 4.79 Å². The molecular formula is C17H21NO4. The number of hydrogen-bond acceptors (Lipinski definition) is 5. The van der Waals surface area contributed by atoms with Gasteiger partial charge in [0.2, 0.25) is 0 Å². The first-order valence-corrected chi connectivity index (χ1v) is 7.26. The second kappa shape index (κ2) is 6.64. The Labute approximate surface area is 129 Å². The van der Waals surface area contributed by atoms with Crippen LogP contribution in [0.1, 0.15) is 19.4 Å². The van der Waals surface area contributed by atoms with Crippen LogP contribution in [-0.4, -0.2) is 26.7 Å². The van der Waals surface area contributed by atoms with E-state index in [2.05, 4.69) is 0 Å². The number of ether oxygens (including phenoxy) is 1. The summed E-state index contributed by atoms with van der Waals surface area (Å²) >= 11 is 0. The van der Waals surface area contributed by atoms with Gasteiger partial charge in [-0.05, 0) is 23.6 Å². The lowest BCUT2D eigenvalue weighted by atomic mass is 10.1. The normalized spacial score (nSPS) is 11.0. The third kappa shape index (κ3) is 3.87. The van der Waals surface area contributed by atoms with Gasteiger partial charge < -0.3 is 14.1 Å². The summed E-state index contributed by atoms with van der Waals surface area (Å²) in [5, 5.41) is 0.756. The number of fused-ring (bicyclic) bond motifs is 1. The number of nitrogens with zero attached hydrogens (tertiary/aromatic N) is 1. The summed E-state index contributed by atoms with van der Waals surface area (Å²) in [6, 6.07) is 6.93. The average molecular weight is 303 g/mol. The van der Waals surface area contributed by atoms with Crippen LogP contribution >= 0.6 is 0 Å². The molecule has 0 saturated heterocycles. The Balaban J connectivity index is 2.33. The van der Waals surface area contributed by atoms with Crippen LogP contribution in [0.25, 0.3) is 11.0 Å². The van der Waals surface area contributed by atoms with Gasteiger partial charge in [-0.3, -0.25) is 4.79 Å². The van der Waals surface area contributed by atoms with Crippen LogP contribution in [0, 0.1) is 5.92 Å². The largest absolute Gasteiger partial charge is 0.465 e. The summed E-state index contributed by atoms with van der Waals surface area (Å²) in [7, 11) is 3.82. The maximum atomic E-state index is 11.9. The lowest BCUT2D eigenvalue weighted by Crippen LogP contribution is -2.14. The molecule has 0 radical (unpaired) electrons. The molecule has 0 fully saturated rings. The maximum Gasteiger partial charge on any atom is 0.336 e. The third-order valence-corrected chi connectivity index (χ3v) is 3.24. The van der Waals surface area contributed by atoms with Crippen molar-refractivity contribution in [3.63, 3.8) is 0 Å². The van der Waals surface area contributed by atoms with Gasteiger partial charge in [0.15, 0.2) is 0 Å². The molecule has 0 atom stereocenters. The Hall–Kier alpha value is -2.30. The topological polar surface area (TPSA) is 59.8 Å². The number of rotatable bonds is 5. The lowest BCUT2D eigenvalue weighted by Gasteiger charge is -2.13. The first kappa shape index (κ1) is 16.1. The Morgan fingerprint density at radius 2 is 2.00 bits per heavy atom.